The fourth-order valence-electron chi connectivity index (χ4n) is 2.65. The minimum absolute atomic E-state index is 0.0704. The molecule has 1 aliphatic rings. The topological polar surface area (TPSA) is 50.4 Å². The van der Waals surface area contributed by atoms with Crippen LogP contribution < -0.4 is 10.6 Å². The standard InChI is InChI=1S/C14H28N2O2/c1-5-12-10-15-8-7-14(12,13(17)18-6-2)16-9-11(3)4/h11-12,15-16H,5-10H2,1-4H3. The van der Waals surface area contributed by atoms with Gasteiger partial charge in [-0.1, -0.05) is 20.8 Å². The van der Waals surface area contributed by atoms with E-state index in [1.54, 1.807) is 0 Å². The monoisotopic (exact) mass is 256 g/mol. The van der Waals surface area contributed by atoms with E-state index in [1.165, 1.54) is 0 Å². The van der Waals surface area contributed by atoms with Gasteiger partial charge in [0.25, 0.3) is 0 Å². The zero-order valence-corrected chi connectivity index (χ0v) is 12.2. The molecule has 4 heteroatoms. The molecule has 0 bridgehead atoms. The molecule has 1 fully saturated rings. The first kappa shape index (κ1) is 15.4. The number of carbonyl (C=O) groups is 1. The van der Waals surface area contributed by atoms with Crippen LogP contribution in [0.3, 0.4) is 0 Å². The molecule has 0 amide bonds. The lowest BCUT2D eigenvalue weighted by atomic mass is 9.76. The first-order valence-corrected chi connectivity index (χ1v) is 7.19. The summed E-state index contributed by atoms with van der Waals surface area (Å²) in [5.74, 6) is 0.770. The molecule has 0 saturated carbocycles. The molecule has 0 radical (unpaired) electrons. The Kier molecular flexibility index (Phi) is 6.09. The van der Waals surface area contributed by atoms with E-state index in [1.807, 2.05) is 6.92 Å². The smallest absolute Gasteiger partial charge is 0.326 e. The molecule has 106 valence electrons. The fourth-order valence-corrected chi connectivity index (χ4v) is 2.65. The summed E-state index contributed by atoms with van der Waals surface area (Å²) in [6.45, 7) is 11.4. The van der Waals surface area contributed by atoms with Crippen LogP contribution in [-0.4, -0.2) is 37.7 Å². The zero-order valence-electron chi connectivity index (χ0n) is 12.2. The van der Waals surface area contributed by atoms with Crippen LogP contribution in [0, 0.1) is 11.8 Å². The van der Waals surface area contributed by atoms with Crippen molar-refractivity contribution in [3.8, 4) is 0 Å². The number of piperidine rings is 1. The minimum Gasteiger partial charge on any atom is -0.465 e. The van der Waals surface area contributed by atoms with Gasteiger partial charge in [0.1, 0.15) is 5.54 Å². The molecule has 18 heavy (non-hydrogen) atoms. The molecule has 1 rings (SSSR count). The first-order chi connectivity index (χ1) is 8.56. The maximum Gasteiger partial charge on any atom is 0.326 e. The molecule has 0 spiro atoms. The van der Waals surface area contributed by atoms with Crippen LogP contribution in [0.5, 0.6) is 0 Å². The van der Waals surface area contributed by atoms with Gasteiger partial charge in [-0.2, -0.15) is 0 Å². The van der Waals surface area contributed by atoms with Gasteiger partial charge < -0.3 is 15.4 Å². The summed E-state index contributed by atoms with van der Waals surface area (Å²) < 4.78 is 5.32. The molecule has 2 unspecified atom stereocenters. The summed E-state index contributed by atoms with van der Waals surface area (Å²) >= 11 is 0. The highest BCUT2D eigenvalue weighted by Gasteiger charge is 2.47. The third kappa shape index (κ3) is 3.45. The van der Waals surface area contributed by atoms with Gasteiger partial charge in [0, 0.05) is 12.5 Å². The second-order valence-electron chi connectivity index (χ2n) is 5.53. The quantitative estimate of drug-likeness (QED) is 0.708. The van der Waals surface area contributed by atoms with Crippen molar-refractivity contribution in [2.24, 2.45) is 11.8 Å². The van der Waals surface area contributed by atoms with Crippen LogP contribution in [0.15, 0.2) is 0 Å². The van der Waals surface area contributed by atoms with Crippen molar-refractivity contribution >= 4 is 5.97 Å². The summed E-state index contributed by atoms with van der Waals surface area (Å²) in [7, 11) is 0. The Bertz CT molecular complexity index is 269. The Balaban J connectivity index is 2.86. The molecule has 4 nitrogen and oxygen atoms in total. The highest BCUT2D eigenvalue weighted by Crippen LogP contribution is 2.29. The van der Waals surface area contributed by atoms with E-state index in [0.29, 0.717) is 18.4 Å². The van der Waals surface area contributed by atoms with Crippen molar-refractivity contribution < 1.29 is 9.53 Å². The van der Waals surface area contributed by atoms with Crippen molar-refractivity contribution in [2.75, 3.05) is 26.2 Å². The fraction of sp³-hybridized carbons (Fsp3) is 0.929. The van der Waals surface area contributed by atoms with Crippen molar-refractivity contribution in [1.29, 1.82) is 0 Å². The van der Waals surface area contributed by atoms with Gasteiger partial charge in [-0.3, -0.25) is 4.79 Å². The lowest BCUT2D eigenvalue weighted by Crippen LogP contribution is -2.64. The summed E-state index contributed by atoms with van der Waals surface area (Å²) in [5, 5.41) is 6.88. The Labute approximate surface area is 111 Å². The van der Waals surface area contributed by atoms with E-state index >= 15 is 0 Å². The molecular formula is C14H28N2O2. The first-order valence-electron chi connectivity index (χ1n) is 7.19. The normalized spacial score (nSPS) is 28.4. The van der Waals surface area contributed by atoms with Crippen molar-refractivity contribution in [3.63, 3.8) is 0 Å². The van der Waals surface area contributed by atoms with Gasteiger partial charge in [0.2, 0.25) is 0 Å². The van der Waals surface area contributed by atoms with E-state index in [4.69, 9.17) is 4.74 Å². The SMILES string of the molecule is CCOC(=O)C1(NCC(C)C)CCNCC1CC. The van der Waals surface area contributed by atoms with Gasteiger partial charge in [-0.05, 0) is 38.8 Å². The van der Waals surface area contributed by atoms with Crippen LogP contribution in [0.2, 0.25) is 0 Å². The van der Waals surface area contributed by atoms with E-state index < -0.39 is 5.54 Å². The number of rotatable bonds is 6. The summed E-state index contributed by atoms with van der Waals surface area (Å²) in [6, 6.07) is 0. The molecule has 2 atom stereocenters. The second kappa shape index (κ2) is 7.10. The number of hydrogen-bond acceptors (Lipinski definition) is 4. The molecule has 1 aliphatic heterocycles. The molecule has 0 aromatic rings. The van der Waals surface area contributed by atoms with Crippen LogP contribution >= 0.6 is 0 Å². The number of nitrogens with one attached hydrogen (secondary N) is 2. The van der Waals surface area contributed by atoms with Crippen LogP contribution in [0.4, 0.5) is 0 Å². The lowest BCUT2D eigenvalue weighted by Gasteiger charge is -2.43. The van der Waals surface area contributed by atoms with E-state index in [9.17, 15) is 4.79 Å². The zero-order chi connectivity index (χ0) is 13.6. The van der Waals surface area contributed by atoms with Crippen molar-refractivity contribution in [3.05, 3.63) is 0 Å². The lowest BCUT2D eigenvalue weighted by molar-refractivity contribution is -0.155. The molecule has 1 saturated heterocycles. The number of hydrogen-bond donors (Lipinski definition) is 2. The highest BCUT2D eigenvalue weighted by molar-refractivity contribution is 5.81. The Morgan fingerprint density at radius 2 is 2.22 bits per heavy atom. The van der Waals surface area contributed by atoms with E-state index in [0.717, 1.165) is 32.5 Å². The third-order valence-electron chi connectivity index (χ3n) is 3.74. The molecule has 1 heterocycles. The average molecular weight is 256 g/mol. The molecule has 2 N–H and O–H groups in total. The number of ether oxygens (including phenoxy) is 1. The summed E-state index contributed by atoms with van der Waals surface area (Å²) in [5.41, 5.74) is -0.486. The Morgan fingerprint density at radius 1 is 1.50 bits per heavy atom. The van der Waals surface area contributed by atoms with Gasteiger partial charge in [-0.15, -0.1) is 0 Å². The van der Waals surface area contributed by atoms with Crippen molar-refractivity contribution in [2.45, 2.75) is 46.1 Å². The van der Waals surface area contributed by atoms with Gasteiger partial charge >= 0.3 is 5.97 Å². The maximum atomic E-state index is 12.4. The predicted octanol–water partition coefficient (Wildman–Crippen LogP) is 1.55. The van der Waals surface area contributed by atoms with Crippen LogP contribution in [0.1, 0.15) is 40.5 Å². The van der Waals surface area contributed by atoms with E-state index in [2.05, 4.69) is 31.4 Å². The minimum atomic E-state index is -0.486. The Morgan fingerprint density at radius 3 is 2.78 bits per heavy atom. The van der Waals surface area contributed by atoms with E-state index in [-0.39, 0.29) is 5.97 Å². The van der Waals surface area contributed by atoms with Gasteiger partial charge in [0.05, 0.1) is 6.61 Å². The number of esters is 1. The largest absolute Gasteiger partial charge is 0.465 e. The highest BCUT2D eigenvalue weighted by atomic mass is 16.5. The molecule has 0 aromatic heterocycles. The predicted molar refractivity (Wildman–Crippen MR) is 73.5 cm³/mol. The second-order valence-corrected chi connectivity index (χ2v) is 5.53. The van der Waals surface area contributed by atoms with Crippen molar-refractivity contribution in [1.82, 2.24) is 10.6 Å². The van der Waals surface area contributed by atoms with Gasteiger partial charge in [0.15, 0.2) is 0 Å². The summed E-state index contributed by atoms with van der Waals surface area (Å²) in [4.78, 5) is 12.4. The molecule has 0 aliphatic carbocycles. The maximum absolute atomic E-state index is 12.4. The van der Waals surface area contributed by atoms with Gasteiger partial charge in [-0.25, -0.2) is 0 Å². The summed E-state index contributed by atoms with van der Waals surface area (Å²) in [6.07, 6.45) is 1.80. The molecule has 0 aromatic carbocycles. The number of carbonyl (C=O) groups excluding carboxylic acids is 1. The molecular weight excluding hydrogens is 228 g/mol. The van der Waals surface area contributed by atoms with Crippen LogP contribution in [0.25, 0.3) is 0 Å². The van der Waals surface area contributed by atoms with Crippen LogP contribution in [-0.2, 0) is 9.53 Å². The third-order valence-corrected chi connectivity index (χ3v) is 3.74. The Hall–Kier alpha value is -0.610. The average Bonchev–Trinajstić information content (AvgIpc) is 2.36.